The molecule has 3 aromatic rings. The van der Waals surface area contributed by atoms with Crippen molar-refractivity contribution in [2.75, 3.05) is 13.7 Å². The summed E-state index contributed by atoms with van der Waals surface area (Å²) in [6, 6.07) is 18.1. The highest BCUT2D eigenvalue weighted by Crippen LogP contribution is 2.25. The largest absolute Gasteiger partial charge is 0.465 e. The number of aromatic nitrogens is 1. The van der Waals surface area contributed by atoms with Crippen LogP contribution < -0.4 is 10.6 Å². The lowest BCUT2D eigenvalue weighted by molar-refractivity contribution is 0.0600. The lowest BCUT2D eigenvalue weighted by Crippen LogP contribution is -2.31. The first-order chi connectivity index (χ1) is 18.0. The quantitative estimate of drug-likeness (QED) is 0.417. The van der Waals surface area contributed by atoms with E-state index in [1.165, 1.54) is 7.11 Å². The second-order valence-corrected chi connectivity index (χ2v) is 8.99. The number of nitrogens with one attached hydrogen (secondary N) is 2. The minimum absolute atomic E-state index is 0.141. The van der Waals surface area contributed by atoms with Crippen molar-refractivity contribution in [3.8, 4) is 0 Å². The average Bonchev–Trinajstić information content (AvgIpc) is 3.34. The summed E-state index contributed by atoms with van der Waals surface area (Å²) in [4.78, 5) is 38.8. The molecule has 2 atom stereocenters. The summed E-state index contributed by atoms with van der Waals surface area (Å²) >= 11 is 0. The lowest BCUT2D eigenvalue weighted by Gasteiger charge is -2.22. The molecule has 0 fully saturated rings. The summed E-state index contributed by atoms with van der Waals surface area (Å²) < 4.78 is 12.3. The molecule has 8 nitrogen and oxygen atoms in total. The number of amides is 2. The molecule has 194 valence electrons. The summed E-state index contributed by atoms with van der Waals surface area (Å²) in [5.74, 6) is -0.949. The Labute approximate surface area is 217 Å². The monoisotopic (exact) mass is 503 g/mol. The first kappa shape index (κ1) is 26.2. The third kappa shape index (κ3) is 5.75. The van der Waals surface area contributed by atoms with Crippen LogP contribution in [0.5, 0.6) is 0 Å². The number of rotatable bonds is 9. The van der Waals surface area contributed by atoms with Crippen LogP contribution >= 0.6 is 0 Å². The predicted octanol–water partition coefficient (Wildman–Crippen LogP) is 4.57. The van der Waals surface area contributed by atoms with Gasteiger partial charge >= 0.3 is 5.97 Å². The van der Waals surface area contributed by atoms with Crippen molar-refractivity contribution in [3.05, 3.63) is 94.3 Å². The highest BCUT2D eigenvalue weighted by Gasteiger charge is 2.28. The van der Waals surface area contributed by atoms with Crippen LogP contribution in [0, 0.1) is 0 Å². The van der Waals surface area contributed by atoms with E-state index in [9.17, 15) is 14.4 Å². The molecule has 0 aliphatic carbocycles. The van der Waals surface area contributed by atoms with Crippen LogP contribution in [0.1, 0.15) is 86.8 Å². The molecular weight excluding hydrogens is 470 g/mol. The summed E-state index contributed by atoms with van der Waals surface area (Å²) in [5, 5.41) is 6.20. The Morgan fingerprint density at radius 2 is 1.59 bits per heavy atom. The molecule has 0 bridgehead atoms. The van der Waals surface area contributed by atoms with Gasteiger partial charge in [-0.3, -0.25) is 9.59 Å². The Morgan fingerprint density at radius 3 is 2.30 bits per heavy atom. The van der Waals surface area contributed by atoms with Crippen molar-refractivity contribution >= 4 is 17.8 Å². The van der Waals surface area contributed by atoms with Crippen molar-refractivity contribution < 1.29 is 23.9 Å². The van der Waals surface area contributed by atoms with Gasteiger partial charge in [-0.15, -0.1) is 0 Å². The van der Waals surface area contributed by atoms with E-state index in [4.69, 9.17) is 9.47 Å². The zero-order chi connectivity index (χ0) is 26.4. The molecule has 1 aliphatic heterocycles. The first-order valence-corrected chi connectivity index (χ1v) is 12.6. The number of fused-ring (bicyclic) bond motifs is 1. The van der Waals surface area contributed by atoms with Crippen LogP contribution in [0.2, 0.25) is 0 Å². The van der Waals surface area contributed by atoms with Crippen molar-refractivity contribution in [2.24, 2.45) is 0 Å². The molecule has 1 aliphatic rings. The molecule has 37 heavy (non-hydrogen) atoms. The molecule has 2 N–H and O–H groups in total. The van der Waals surface area contributed by atoms with E-state index >= 15 is 0 Å². The fourth-order valence-electron chi connectivity index (χ4n) is 4.71. The standard InChI is InChI=1S/C29H33N3O5/c1-4-23(19-10-7-6-8-11-19)30-27(33)22-17-25(32-14-15-37-18-26(22)32)28(34)31-24(5-2)20-12-9-13-21(16-20)29(35)36-3/h6-13,16-17,23-24H,4-5,14-15,18H2,1-3H3,(H,30,33)(H,31,34)/t23-,24-/m1/s1. The number of carbonyl (C=O) groups excluding carboxylic acids is 3. The zero-order valence-electron chi connectivity index (χ0n) is 21.5. The maximum atomic E-state index is 13.5. The van der Waals surface area contributed by atoms with Crippen LogP contribution in [-0.4, -0.2) is 36.1 Å². The Balaban J connectivity index is 1.58. The summed E-state index contributed by atoms with van der Waals surface area (Å²) in [6.45, 7) is 5.19. The van der Waals surface area contributed by atoms with Crippen molar-refractivity contribution in [1.82, 2.24) is 15.2 Å². The van der Waals surface area contributed by atoms with Gasteiger partial charge in [0, 0.05) is 6.54 Å². The molecular formula is C29H33N3O5. The Morgan fingerprint density at radius 1 is 0.919 bits per heavy atom. The number of hydrogen-bond donors (Lipinski definition) is 2. The molecule has 4 rings (SSSR count). The highest BCUT2D eigenvalue weighted by molar-refractivity contribution is 6.01. The fraction of sp³-hybridized carbons (Fsp3) is 0.345. The fourth-order valence-corrected chi connectivity index (χ4v) is 4.71. The predicted molar refractivity (Wildman–Crippen MR) is 139 cm³/mol. The number of ether oxygens (including phenoxy) is 2. The maximum Gasteiger partial charge on any atom is 0.337 e. The van der Waals surface area contributed by atoms with Gasteiger partial charge in [0.1, 0.15) is 5.69 Å². The number of hydrogen-bond acceptors (Lipinski definition) is 5. The third-order valence-corrected chi connectivity index (χ3v) is 6.72. The molecule has 2 heterocycles. The minimum Gasteiger partial charge on any atom is -0.465 e. The van der Waals surface area contributed by atoms with E-state index in [1.54, 1.807) is 24.3 Å². The second-order valence-electron chi connectivity index (χ2n) is 8.99. The van der Waals surface area contributed by atoms with Crippen molar-refractivity contribution in [1.29, 1.82) is 0 Å². The van der Waals surface area contributed by atoms with Gasteiger partial charge in [0.25, 0.3) is 11.8 Å². The van der Waals surface area contributed by atoms with Crippen molar-refractivity contribution in [2.45, 2.75) is 51.9 Å². The van der Waals surface area contributed by atoms with Crippen LogP contribution in [0.15, 0.2) is 60.7 Å². The van der Waals surface area contributed by atoms with Gasteiger partial charge in [-0.25, -0.2) is 4.79 Å². The Hall–Kier alpha value is -3.91. The molecule has 2 aromatic carbocycles. The number of nitrogens with zero attached hydrogens (tertiary/aromatic N) is 1. The topological polar surface area (TPSA) is 98.7 Å². The van der Waals surface area contributed by atoms with Crippen LogP contribution in [0.3, 0.4) is 0 Å². The Kier molecular flexibility index (Phi) is 8.40. The lowest BCUT2D eigenvalue weighted by atomic mass is 10.0. The third-order valence-electron chi connectivity index (χ3n) is 6.72. The molecule has 0 spiro atoms. The number of carbonyl (C=O) groups is 3. The van der Waals surface area contributed by atoms with Gasteiger partial charge in [-0.05, 0) is 42.2 Å². The molecule has 1 aromatic heterocycles. The van der Waals surface area contributed by atoms with Crippen LogP contribution in [-0.2, 0) is 22.6 Å². The SMILES string of the molecule is CC[C@@H](NC(=O)c1cc(C(=O)N[C@H](CC)c2cccc(C(=O)OC)c2)n2c1COCC2)c1ccccc1. The average molecular weight is 504 g/mol. The van der Waals surface area contributed by atoms with E-state index in [0.717, 1.165) is 17.5 Å². The second kappa shape index (κ2) is 11.9. The van der Waals surface area contributed by atoms with Crippen molar-refractivity contribution in [3.63, 3.8) is 0 Å². The maximum absolute atomic E-state index is 13.5. The van der Waals surface area contributed by atoms with Gasteiger partial charge in [0.05, 0.1) is 49.2 Å². The van der Waals surface area contributed by atoms with E-state index in [-0.39, 0.29) is 30.5 Å². The molecule has 2 amide bonds. The molecule has 0 unspecified atom stereocenters. The Bertz CT molecular complexity index is 1270. The minimum atomic E-state index is -0.430. The summed E-state index contributed by atoms with van der Waals surface area (Å²) in [5.41, 5.74) is 3.81. The van der Waals surface area contributed by atoms with Gasteiger partial charge in [0.15, 0.2) is 0 Å². The highest BCUT2D eigenvalue weighted by atomic mass is 16.5. The molecule has 0 radical (unpaired) electrons. The number of benzene rings is 2. The first-order valence-electron chi connectivity index (χ1n) is 12.6. The van der Waals surface area contributed by atoms with Gasteiger partial charge in [-0.1, -0.05) is 56.3 Å². The van der Waals surface area contributed by atoms with Gasteiger partial charge < -0.3 is 24.7 Å². The summed E-state index contributed by atoms with van der Waals surface area (Å²) in [6.07, 6.45) is 1.36. The van der Waals surface area contributed by atoms with E-state index in [2.05, 4.69) is 10.6 Å². The molecule has 8 heteroatoms. The summed E-state index contributed by atoms with van der Waals surface area (Å²) in [7, 11) is 1.34. The smallest absolute Gasteiger partial charge is 0.337 e. The number of esters is 1. The van der Waals surface area contributed by atoms with Crippen LogP contribution in [0.4, 0.5) is 0 Å². The normalized spacial score (nSPS) is 14.2. The zero-order valence-corrected chi connectivity index (χ0v) is 21.5. The van der Waals surface area contributed by atoms with E-state index < -0.39 is 5.97 Å². The molecule has 0 saturated heterocycles. The number of methoxy groups -OCH3 is 1. The van der Waals surface area contributed by atoms with E-state index in [1.807, 2.05) is 54.8 Å². The van der Waals surface area contributed by atoms with E-state index in [0.29, 0.717) is 42.1 Å². The van der Waals surface area contributed by atoms with Crippen LogP contribution in [0.25, 0.3) is 0 Å². The molecule has 0 saturated carbocycles. The van der Waals surface area contributed by atoms with Gasteiger partial charge in [0.2, 0.25) is 0 Å². The van der Waals surface area contributed by atoms with Gasteiger partial charge in [-0.2, -0.15) is 0 Å².